The summed E-state index contributed by atoms with van der Waals surface area (Å²) < 4.78 is 6.24. The van der Waals surface area contributed by atoms with Crippen LogP contribution in [0.4, 0.5) is 0 Å². The van der Waals surface area contributed by atoms with Gasteiger partial charge in [0.15, 0.2) is 5.78 Å². The molecule has 1 aromatic heterocycles. The Hall–Kier alpha value is 0.0600. The summed E-state index contributed by atoms with van der Waals surface area (Å²) >= 11 is 3.86. The van der Waals surface area contributed by atoms with Crippen molar-refractivity contribution in [2.45, 2.75) is 6.61 Å². The topological polar surface area (TPSA) is 26.3 Å². The molecule has 0 unspecified atom stereocenters. The molecule has 0 atom stereocenters. The molecule has 0 amide bonds. The van der Waals surface area contributed by atoms with E-state index in [0.29, 0.717) is 6.61 Å². The first kappa shape index (κ1) is 7.70. The molecule has 2 rings (SSSR count). The molecule has 0 spiro atoms. The Kier molecular flexibility index (Phi) is 1.98. The quantitative estimate of drug-likeness (QED) is 0.680. The van der Waals surface area contributed by atoms with E-state index in [-0.39, 0.29) is 12.4 Å². The molecule has 1 aromatic rings. The van der Waals surface area contributed by atoms with E-state index < -0.39 is 0 Å². The Bertz CT molecular complexity index is 305. The average Bonchev–Trinajstić information content (AvgIpc) is 2.31. The van der Waals surface area contributed by atoms with Gasteiger partial charge in [0.2, 0.25) is 0 Å². The predicted molar refractivity (Wildman–Crippen MR) is 51.0 cm³/mol. The maximum absolute atomic E-state index is 11.2. The lowest BCUT2D eigenvalue weighted by atomic mass is 10.1. The van der Waals surface area contributed by atoms with Crippen LogP contribution in [0, 0.1) is 2.88 Å². The molecule has 0 bridgehead atoms. The van der Waals surface area contributed by atoms with Crippen molar-refractivity contribution in [3.05, 3.63) is 19.4 Å². The molecule has 0 N–H and O–H groups in total. The van der Waals surface area contributed by atoms with Gasteiger partial charge in [0.25, 0.3) is 0 Å². The lowest BCUT2D eigenvalue weighted by molar-refractivity contribution is 0.0675. The van der Waals surface area contributed by atoms with Gasteiger partial charge in [0, 0.05) is 10.4 Å². The highest BCUT2D eigenvalue weighted by molar-refractivity contribution is 14.1. The van der Waals surface area contributed by atoms with Crippen molar-refractivity contribution in [2.75, 3.05) is 6.61 Å². The minimum atomic E-state index is 0.116. The van der Waals surface area contributed by atoms with Crippen LogP contribution in [-0.2, 0) is 11.3 Å². The fourth-order valence-electron chi connectivity index (χ4n) is 1.05. The fourth-order valence-corrected chi connectivity index (χ4v) is 3.00. The number of thiophene rings is 1. The van der Waals surface area contributed by atoms with Gasteiger partial charge in [-0.1, -0.05) is 0 Å². The van der Waals surface area contributed by atoms with E-state index in [1.165, 1.54) is 0 Å². The van der Waals surface area contributed by atoms with Crippen LogP contribution in [0.3, 0.4) is 0 Å². The van der Waals surface area contributed by atoms with Crippen LogP contribution < -0.4 is 0 Å². The Labute approximate surface area is 81.7 Å². The molecule has 1 aliphatic rings. The third kappa shape index (κ3) is 1.34. The van der Waals surface area contributed by atoms with Crippen LogP contribution in [0.5, 0.6) is 0 Å². The second-order valence-corrected chi connectivity index (χ2v) is 5.33. The van der Waals surface area contributed by atoms with Crippen LogP contribution in [0.25, 0.3) is 0 Å². The van der Waals surface area contributed by atoms with Gasteiger partial charge in [0.05, 0.1) is 9.49 Å². The van der Waals surface area contributed by atoms with Crippen LogP contribution in [0.2, 0.25) is 0 Å². The molecule has 0 saturated heterocycles. The molecule has 0 saturated carbocycles. The summed E-state index contributed by atoms with van der Waals surface area (Å²) in [5.74, 6) is 0.116. The van der Waals surface area contributed by atoms with Crippen LogP contribution >= 0.6 is 33.9 Å². The number of ketones is 1. The van der Waals surface area contributed by atoms with Crippen molar-refractivity contribution in [2.24, 2.45) is 0 Å². The van der Waals surface area contributed by atoms with Crippen LogP contribution in [-0.4, -0.2) is 12.4 Å². The third-order valence-electron chi connectivity index (χ3n) is 1.55. The Morgan fingerprint density at radius 1 is 1.55 bits per heavy atom. The van der Waals surface area contributed by atoms with Crippen molar-refractivity contribution < 1.29 is 9.53 Å². The lowest BCUT2D eigenvalue weighted by Crippen LogP contribution is -2.15. The third-order valence-corrected chi connectivity index (χ3v) is 3.41. The zero-order chi connectivity index (χ0) is 7.84. The van der Waals surface area contributed by atoms with Gasteiger partial charge < -0.3 is 4.74 Å². The number of rotatable bonds is 0. The zero-order valence-corrected chi connectivity index (χ0v) is 8.57. The molecular weight excluding hydrogens is 275 g/mol. The van der Waals surface area contributed by atoms with Crippen molar-refractivity contribution >= 4 is 39.7 Å². The van der Waals surface area contributed by atoms with E-state index in [2.05, 4.69) is 22.6 Å². The first-order valence-electron chi connectivity index (χ1n) is 3.16. The van der Waals surface area contributed by atoms with Gasteiger partial charge >= 0.3 is 0 Å². The number of hydrogen-bond acceptors (Lipinski definition) is 3. The summed E-state index contributed by atoms with van der Waals surface area (Å²) in [7, 11) is 0. The highest BCUT2D eigenvalue weighted by atomic mass is 127. The molecular formula is C7H5IO2S. The maximum Gasteiger partial charge on any atom is 0.189 e. The van der Waals surface area contributed by atoms with E-state index in [0.717, 1.165) is 13.3 Å². The largest absolute Gasteiger partial charge is 0.368 e. The average molecular weight is 280 g/mol. The van der Waals surface area contributed by atoms with Crippen molar-refractivity contribution in [1.82, 2.24) is 0 Å². The van der Waals surface area contributed by atoms with Gasteiger partial charge in [-0.05, 0) is 28.7 Å². The monoisotopic (exact) mass is 280 g/mol. The molecule has 0 aromatic carbocycles. The second kappa shape index (κ2) is 2.84. The Balaban J connectivity index is 2.52. The van der Waals surface area contributed by atoms with Crippen LogP contribution in [0.1, 0.15) is 15.2 Å². The highest BCUT2D eigenvalue weighted by Crippen LogP contribution is 2.27. The Morgan fingerprint density at radius 3 is 3.09 bits per heavy atom. The van der Waals surface area contributed by atoms with Crippen molar-refractivity contribution in [1.29, 1.82) is 0 Å². The van der Waals surface area contributed by atoms with E-state index in [1.54, 1.807) is 11.3 Å². The van der Waals surface area contributed by atoms with E-state index >= 15 is 0 Å². The summed E-state index contributed by atoms with van der Waals surface area (Å²) in [4.78, 5) is 12.3. The van der Waals surface area contributed by atoms with E-state index in [1.807, 2.05) is 6.07 Å². The zero-order valence-electron chi connectivity index (χ0n) is 5.59. The first-order chi connectivity index (χ1) is 5.27. The van der Waals surface area contributed by atoms with Gasteiger partial charge in [0.1, 0.15) is 6.61 Å². The molecule has 1 aliphatic heterocycles. The molecule has 2 heterocycles. The molecule has 0 radical (unpaired) electrons. The summed E-state index contributed by atoms with van der Waals surface area (Å²) in [5.41, 5.74) is 0.866. The fraction of sp³-hybridized carbons (Fsp3) is 0.286. The molecule has 2 nitrogen and oxygen atoms in total. The smallest absolute Gasteiger partial charge is 0.189 e. The van der Waals surface area contributed by atoms with Gasteiger partial charge in [-0.3, -0.25) is 4.79 Å². The Morgan fingerprint density at radius 2 is 2.36 bits per heavy atom. The number of fused-ring (bicyclic) bond motifs is 1. The molecule has 4 heteroatoms. The minimum Gasteiger partial charge on any atom is -0.368 e. The number of Topliss-reactive ketones (excluding diaryl/α,β-unsaturated/α-hetero) is 1. The second-order valence-electron chi connectivity index (χ2n) is 2.30. The van der Waals surface area contributed by atoms with Crippen LogP contribution in [0.15, 0.2) is 6.07 Å². The molecule has 58 valence electrons. The summed E-state index contributed by atoms with van der Waals surface area (Å²) in [6, 6.07) is 1.94. The maximum atomic E-state index is 11.2. The number of halogens is 1. The highest BCUT2D eigenvalue weighted by Gasteiger charge is 2.19. The molecule has 0 aliphatic carbocycles. The summed E-state index contributed by atoms with van der Waals surface area (Å²) in [6.07, 6.45) is 0. The van der Waals surface area contributed by atoms with Crippen molar-refractivity contribution in [3.8, 4) is 0 Å². The lowest BCUT2D eigenvalue weighted by Gasteiger charge is -2.09. The number of carbonyl (C=O) groups is 1. The standard InChI is InChI=1S/C7H5IO2S/c8-7-1-4-5(9)2-10-3-6(4)11-7/h1H,2-3H2. The normalized spacial score (nSPS) is 16.6. The number of carbonyl (C=O) groups excluding carboxylic acids is 1. The van der Waals surface area contributed by atoms with E-state index in [4.69, 9.17) is 4.74 Å². The van der Waals surface area contributed by atoms with Gasteiger partial charge in [-0.15, -0.1) is 11.3 Å². The van der Waals surface area contributed by atoms with Crippen molar-refractivity contribution in [3.63, 3.8) is 0 Å². The minimum absolute atomic E-state index is 0.116. The molecule has 11 heavy (non-hydrogen) atoms. The first-order valence-corrected chi connectivity index (χ1v) is 5.06. The SMILES string of the molecule is O=C1COCc2sc(I)cc21. The summed E-state index contributed by atoms with van der Waals surface area (Å²) in [6.45, 7) is 0.856. The molecule has 0 fully saturated rings. The van der Waals surface area contributed by atoms with Gasteiger partial charge in [-0.2, -0.15) is 0 Å². The number of hydrogen-bond donors (Lipinski definition) is 0. The number of ether oxygens (including phenoxy) is 1. The van der Waals surface area contributed by atoms with Gasteiger partial charge in [-0.25, -0.2) is 0 Å². The predicted octanol–water partition coefficient (Wildman–Crippen LogP) is 2.07. The van der Waals surface area contributed by atoms with E-state index in [9.17, 15) is 4.79 Å². The summed E-state index contributed by atoms with van der Waals surface area (Å²) in [5, 5.41) is 0.